The number of esters is 1. The van der Waals surface area contributed by atoms with Crippen LogP contribution >= 0.6 is 0 Å². The largest absolute Gasteiger partial charge is 0.512 e. The number of hydrogen-bond acceptors (Lipinski definition) is 5. The Balaban J connectivity index is 1.90. The average Bonchev–Trinajstić information content (AvgIpc) is 2.53. The van der Waals surface area contributed by atoms with E-state index < -0.39 is 5.97 Å². The summed E-state index contributed by atoms with van der Waals surface area (Å²) >= 11 is 0. The lowest BCUT2D eigenvalue weighted by molar-refractivity contribution is -0.136. The normalized spacial score (nSPS) is 15.9. The fourth-order valence-electron chi connectivity index (χ4n) is 2.38. The summed E-state index contributed by atoms with van der Waals surface area (Å²) in [5, 5.41) is 9.77. The van der Waals surface area contributed by atoms with Crippen molar-refractivity contribution in [2.24, 2.45) is 0 Å². The number of ether oxygens (including phenoxy) is 2. The van der Waals surface area contributed by atoms with Gasteiger partial charge in [-0.2, -0.15) is 0 Å². The summed E-state index contributed by atoms with van der Waals surface area (Å²) in [5.74, 6) is 0.557. The maximum atomic E-state index is 11.6. The molecule has 0 bridgehead atoms. The SMILES string of the molecule is COC(=O)C1=C(O)CCN(CCc2ccc(OC)cc2)C1. The van der Waals surface area contributed by atoms with Crippen LogP contribution in [0.1, 0.15) is 12.0 Å². The van der Waals surface area contributed by atoms with Crippen molar-refractivity contribution in [2.45, 2.75) is 12.8 Å². The lowest BCUT2D eigenvalue weighted by Crippen LogP contribution is -2.36. The number of carbonyl (C=O) groups excluding carboxylic acids is 1. The van der Waals surface area contributed by atoms with Crippen LogP contribution in [0.4, 0.5) is 0 Å². The van der Waals surface area contributed by atoms with Gasteiger partial charge in [0.2, 0.25) is 0 Å². The Morgan fingerprint density at radius 3 is 2.62 bits per heavy atom. The standard InChI is InChI=1S/C16H21NO4/c1-20-13-5-3-12(4-6-13)7-9-17-10-8-15(18)14(11-17)16(19)21-2/h3-6,18H,7-11H2,1-2H3. The highest BCUT2D eigenvalue weighted by Gasteiger charge is 2.24. The fourth-order valence-corrected chi connectivity index (χ4v) is 2.38. The van der Waals surface area contributed by atoms with Crippen LogP contribution in [0.2, 0.25) is 0 Å². The molecule has 0 amide bonds. The highest BCUT2D eigenvalue weighted by molar-refractivity contribution is 5.89. The van der Waals surface area contributed by atoms with E-state index in [9.17, 15) is 9.90 Å². The van der Waals surface area contributed by atoms with E-state index in [-0.39, 0.29) is 5.76 Å². The molecule has 1 N–H and O–H groups in total. The van der Waals surface area contributed by atoms with Crippen molar-refractivity contribution in [2.75, 3.05) is 33.9 Å². The third kappa shape index (κ3) is 3.98. The molecule has 1 aliphatic heterocycles. The predicted octanol–water partition coefficient (Wildman–Crippen LogP) is 1.93. The molecule has 0 fully saturated rings. The lowest BCUT2D eigenvalue weighted by atomic mass is 10.1. The van der Waals surface area contributed by atoms with E-state index in [4.69, 9.17) is 9.47 Å². The van der Waals surface area contributed by atoms with Crippen molar-refractivity contribution in [1.29, 1.82) is 0 Å². The minimum atomic E-state index is -0.443. The summed E-state index contributed by atoms with van der Waals surface area (Å²) in [6.07, 6.45) is 1.38. The van der Waals surface area contributed by atoms with E-state index in [1.165, 1.54) is 12.7 Å². The number of aliphatic hydroxyl groups is 1. The maximum Gasteiger partial charge on any atom is 0.338 e. The zero-order chi connectivity index (χ0) is 15.2. The predicted molar refractivity (Wildman–Crippen MR) is 79.4 cm³/mol. The summed E-state index contributed by atoms with van der Waals surface area (Å²) in [7, 11) is 2.98. The topological polar surface area (TPSA) is 59.0 Å². The highest BCUT2D eigenvalue weighted by atomic mass is 16.5. The molecule has 1 aliphatic rings. The molecule has 0 radical (unpaired) electrons. The minimum Gasteiger partial charge on any atom is -0.512 e. The lowest BCUT2D eigenvalue weighted by Gasteiger charge is -2.27. The molecule has 0 aromatic heterocycles. The first-order chi connectivity index (χ1) is 10.1. The fraction of sp³-hybridized carbons (Fsp3) is 0.438. The molecule has 0 saturated carbocycles. The van der Waals surface area contributed by atoms with Crippen LogP contribution < -0.4 is 4.74 Å². The molecular weight excluding hydrogens is 270 g/mol. The monoisotopic (exact) mass is 291 g/mol. The van der Waals surface area contributed by atoms with Crippen molar-refractivity contribution in [3.05, 3.63) is 41.2 Å². The minimum absolute atomic E-state index is 0.155. The average molecular weight is 291 g/mol. The van der Waals surface area contributed by atoms with Crippen LogP contribution in [0, 0.1) is 0 Å². The van der Waals surface area contributed by atoms with Crippen LogP contribution in [-0.4, -0.2) is 49.8 Å². The van der Waals surface area contributed by atoms with Crippen LogP contribution in [0.3, 0.4) is 0 Å². The van der Waals surface area contributed by atoms with Gasteiger partial charge in [-0.15, -0.1) is 0 Å². The molecule has 1 aromatic rings. The maximum absolute atomic E-state index is 11.6. The molecular formula is C16H21NO4. The molecule has 21 heavy (non-hydrogen) atoms. The molecule has 0 unspecified atom stereocenters. The number of carbonyl (C=O) groups is 1. The molecule has 1 heterocycles. The van der Waals surface area contributed by atoms with Gasteiger partial charge in [0, 0.05) is 26.1 Å². The van der Waals surface area contributed by atoms with Crippen LogP contribution in [-0.2, 0) is 16.0 Å². The zero-order valence-corrected chi connectivity index (χ0v) is 12.5. The zero-order valence-electron chi connectivity index (χ0n) is 12.5. The number of hydrogen-bond donors (Lipinski definition) is 1. The number of aliphatic hydroxyl groups excluding tert-OH is 1. The van der Waals surface area contributed by atoms with Crippen LogP contribution in [0.15, 0.2) is 35.6 Å². The summed E-state index contributed by atoms with van der Waals surface area (Å²) in [6, 6.07) is 7.96. The van der Waals surface area contributed by atoms with E-state index >= 15 is 0 Å². The Bertz CT molecular complexity index is 522. The second kappa shape index (κ2) is 7.13. The third-order valence-electron chi connectivity index (χ3n) is 3.70. The van der Waals surface area contributed by atoms with Crippen molar-refractivity contribution in [3.8, 4) is 5.75 Å². The van der Waals surface area contributed by atoms with Crippen LogP contribution in [0.5, 0.6) is 5.75 Å². The summed E-state index contributed by atoms with van der Waals surface area (Å²) in [4.78, 5) is 13.7. The number of methoxy groups -OCH3 is 2. The Kier molecular flexibility index (Phi) is 5.22. The van der Waals surface area contributed by atoms with Crippen molar-refractivity contribution in [3.63, 3.8) is 0 Å². The van der Waals surface area contributed by atoms with E-state index in [0.29, 0.717) is 18.5 Å². The van der Waals surface area contributed by atoms with Crippen molar-refractivity contribution >= 4 is 5.97 Å². The summed E-state index contributed by atoms with van der Waals surface area (Å²) in [5.41, 5.74) is 1.59. The van der Waals surface area contributed by atoms with E-state index in [1.54, 1.807) is 7.11 Å². The first-order valence-electron chi connectivity index (χ1n) is 6.98. The molecule has 5 nitrogen and oxygen atoms in total. The highest BCUT2D eigenvalue weighted by Crippen LogP contribution is 2.18. The molecule has 0 saturated heterocycles. The Morgan fingerprint density at radius 1 is 1.29 bits per heavy atom. The van der Waals surface area contributed by atoms with E-state index in [2.05, 4.69) is 4.90 Å². The third-order valence-corrected chi connectivity index (χ3v) is 3.70. The Morgan fingerprint density at radius 2 is 2.00 bits per heavy atom. The molecule has 2 rings (SSSR count). The van der Waals surface area contributed by atoms with Crippen molar-refractivity contribution < 1.29 is 19.4 Å². The van der Waals surface area contributed by atoms with E-state index in [1.807, 2.05) is 24.3 Å². The molecule has 114 valence electrons. The van der Waals surface area contributed by atoms with Crippen molar-refractivity contribution in [1.82, 2.24) is 4.90 Å². The molecule has 0 spiro atoms. The summed E-state index contributed by atoms with van der Waals surface area (Å²) < 4.78 is 9.83. The number of rotatable bonds is 5. The van der Waals surface area contributed by atoms with Gasteiger partial charge in [0.15, 0.2) is 0 Å². The second-order valence-electron chi connectivity index (χ2n) is 5.04. The first kappa shape index (κ1) is 15.4. The quantitative estimate of drug-likeness (QED) is 0.840. The molecule has 0 atom stereocenters. The first-order valence-corrected chi connectivity index (χ1v) is 6.98. The Hall–Kier alpha value is -2.01. The number of benzene rings is 1. The van der Waals surface area contributed by atoms with Gasteiger partial charge in [0.1, 0.15) is 11.5 Å². The van der Waals surface area contributed by atoms with E-state index in [0.717, 1.165) is 25.3 Å². The smallest absolute Gasteiger partial charge is 0.338 e. The van der Waals surface area contributed by atoms with Crippen LogP contribution in [0.25, 0.3) is 0 Å². The van der Waals surface area contributed by atoms with Gasteiger partial charge in [-0.05, 0) is 24.1 Å². The number of nitrogens with zero attached hydrogens (tertiary/aromatic N) is 1. The molecule has 1 aromatic carbocycles. The van der Waals surface area contributed by atoms with Gasteiger partial charge in [0.05, 0.1) is 19.8 Å². The van der Waals surface area contributed by atoms with Gasteiger partial charge < -0.3 is 14.6 Å². The van der Waals surface area contributed by atoms with Gasteiger partial charge >= 0.3 is 5.97 Å². The summed E-state index contributed by atoms with van der Waals surface area (Å²) in [6.45, 7) is 2.03. The van der Waals surface area contributed by atoms with Gasteiger partial charge in [-0.3, -0.25) is 4.90 Å². The second-order valence-corrected chi connectivity index (χ2v) is 5.04. The van der Waals surface area contributed by atoms with Gasteiger partial charge in [-0.1, -0.05) is 12.1 Å². The van der Waals surface area contributed by atoms with Gasteiger partial charge in [0.25, 0.3) is 0 Å². The van der Waals surface area contributed by atoms with Gasteiger partial charge in [-0.25, -0.2) is 4.79 Å². The molecule has 5 heteroatoms. The molecule has 0 aliphatic carbocycles. The Labute approximate surface area is 124 Å².